The molecule has 0 fully saturated rings. The van der Waals surface area contributed by atoms with E-state index in [4.69, 9.17) is 19.6 Å². The van der Waals surface area contributed by atoms with E-state index in [1.165, 1.54) is 11.3 Å². The first-order valence-corrected chi connectivity index (χ1v) is 6.10. The number of carbonyl (C=O) groups excluding carboxylic acids is 1. The molecule has 18 heavy (non-hydrogen) atoms. The molecule has 0 saturated carbocycles. The molecule has 0 aliphatic carbocycles. The topological polar surface area (TPSA) is 87.6 Å². The number of hydrogen-bond donors (Lipinski definition) is 1. The summed E-state index contributed by atoms with van der Waals surface area (Å²) in [5, 5.41) is 1.81. The van der Waals surface area contributed by atoms with Crippen molar-refractivity contribution in [2.45, 2.75) is 6.92 Å². The summed E-state index contributed by atoms with van der Waals surface area (Å²) in [4.78, 5) is 16.3. The van der Waals surface area contributed by atoms with Gasteiger partial charge in [0, 0.05) is 11.4 Å². The van der Waals surface area contributed by atoms with Gasteiger partial charge < -0.3 is 19.6 Å². The molecule has 0 bridgehead atoms. The Balaban J connectivity index is 2.30. The van der Waals surface area contributed by atoms with Crippen LogP contribution in [0.1, 0.15) is 17.4 Å². The summed E-state index contributed by atoms with van der Waals surface area (Å²) in [6, 6.07) is 1.75. The Morgan fingerprint density at radius 1 is 1.61 bits per heavy atom. The van der Waals surface area contributed by atoms with E-state index in [2.05, 4.69) is 4.98 Å². The molecule has 0 aliphatic rings. The number of methoxy groups -OCH3 is 1. The highest BCUT2D eigenvalue weighted by molar-refractivity contribution is 7.13. The number of nitrogen functional groups attached to an aromatic ring is 1. The first-order valence-electron chi connectivity index (χ1n) is 5.22. The lowest BCUT2D eigenvalue weighted by molar-refractivity contribution is 0.0521. The van der Waals surface area contributed by atoms with Crippen LogP contribution in [0.25, 0.3) is 10.8 Å². The largest absolute Gasteiger partial charge is 0.496 e. The van der Waals surface area contributed by atoms with Crippen molar-refractivity contribution >= 4 is 23.2 Å². The van der Waals surface area contributed by atoms with Crippen LogP contribution in [0.5, 0.6) is 5.75 Å². The van der Waals surface area contributed by atoms with Gasteiger partial charge in [-0.1, -0.05) is 0 Å². The third kappa shape index (κ3) is 2.30. The lowest BCUT2D eigenvalue weighted by Gasteiger charge is -1.96. The second kappa shape index (κ2) is 5.09. The number of aromatic nitrogens is 1. The highest BCUT2D eigenvalue weighted by atomic mass is 32.1. The summed E-state index contributed by atoms with van der Waals surface area (Å²) < 4.78 is 15.1. The Bertz CT molecular complexity index is 561. The number of anilines is 1. The van der Waals surface area contributed by atoms with Gasteiger partial charge in [-0.2, -0.15) is 4.98 Å². The van der Waals surface area contributed by atoms with Gasteiger partial charge in [-0.25, -0.2) is 4.79 Å². The Morgan fingerprint density at radius 3 is 3.00 bits per heavy atom. The summed E-state index contributed by atoms with van der Waals surface area (Å²) in [5.41, 5.74) is 5.59. The molecule has 0 atom stereocenters. The van der Waals surface area contributed by atoms with Crippen LogP contribution in [-0.4, -0.2) is 24.7 Å². The Morgan fingerprint density at radius 2 is 2.39 bits per heavy atom. The van der Waals surface area contributed by atoms with Crippen molar-refractivity contribution in [1.82, 2.24) is 4.98 Å². The average Bonchev–Trinajstić information content (AvgIpc) is 2.95. The smallest absolute Gasteiger partial charge is 0.362 e. The second-order valence-electron chi connectivity index (χ2n) is 3.30. The third-order valence-corrected chi connectivity index (χ3v) is 3.04. The van der Waals surface area contributed by atoms with E-state index in [0.717, 1.165) is 4.88 Å². The van der Waals surface area contributed by atoms with Crippen LogP contribution in [-0.2, 0) is 4.74 Å². The van der Waals surface area contributed by atoms with Crippen LogP contribution < -0.4 is 10.5 Å². The molecule has 2 N–H and O–H groups in total. The predicted molar refractivity (Wildman–Crippen MR) is 66.7 cm³/mol. The quantitative estimate of drug-likeness (QED) is 0.855. The normalized spacial score (nSPS) is 10.3. The molecule has 0 radical (unpaired) electrons. The molecular formula is C11H12N2O4S. The van der Waals surface area contributed by atoms with Gasteiger partial charge in [0.05, 0.1) is 18.6 Å². The Labute approximate surface area is 107 Å². The molecule has 0 unspecified atom stereocenters. The van der Waals surface area contributed by atoms with Gasteiger partial charge in [0.15, 0.2) is 0 Å². The Hall–Kier alpha value is -2.02. The van der Waals surface area contributed by atoms with E-state index in [-0.39, 0.29) is 24.1 Å². The van der Waals surface area contributed by atoms with Crippen LogP contribution in [0.2, 0.25) is 0 Å². The number of thiophene rings is 1. The van der Waals surface area contributed by atoms with Gasteiger partial charge in [0.2, 0.25) is 17.5 Å². The SMILES string of the molecule is CCOC(=O)c1nc(-c2cc(OC)cs2)oc1N. The lowest BCUT2D eigenvalue weighted by atomic mass is 10.4. The molecule has 2 aromatic heterocycles. The number of nitrogens with two attached hydrogens (primary N) is 1. The molecule has 6 nitrogen and oxygen atoms in total. The maximum atomic E-state index is 11.5. The van der Waals surface area contributed by atoms with Crippen molar-refractivity contribution in [2.24, 2.45) is 0 Å². The van der Waals surface area contributed by atoms with Gasteiger partial charge in [-0.3, -0.25) is 0 Å². The van der Waals surface area contributed by atoms with Crippen LogP contribution >= 0.6 is 11.3 Å². The minimum atomic E-state index is -0.589. The van der Waals surface area contributed by atoms with E-state index in [0.29, 0.717) is 5.75 Å². The maximum Gasteiger partial charge on any atom is 0.362 e. The fourth-order valence-corrected chi connectivity index (χ4v) is 2.10. The van der Waals surface area contributed by atoms with E-state index in [1.54, 1.807) is 25.5 Å². The zero-order valence-corrected chi connectivity index (χ0v) is 10.7. The van der Waals surface area contributed by atoms with Gasteiger partial charge in [0.1, 0.15) is 5.75 Å². The number of rotatable bonds is 4. The van der Waals surface area contributed by atoms with Gasteiger partial charge in [-0.05, 0) is 6.92 Å². The molecule has 2 aromatic rings. The summed E-state index contributed by atoms with van der Waals surface area (Å²) in [6.45, 7) is 1.96. The lowest BCUT2D eigenvalue weighted by Crippen LogP contribution is -2.07. The van der Waals surface area contributed by atoms with Crippen molar-refractivity contribution in [3.8, 4) is 16.5 Å². The van der Waals surface area contributed by atoms with Gasteiger partial charge in [0.25, 0.3) is 0 Å². The Kier molecular flexibility index (Phi) is 3.52. The third-order valence-electron chi connectivity index (χ3n) is 2.14. The minimum absolute atomic E-state index is 0.000725. The molecule has 0 amide bonds. The molecule has 0 spiro atoms. The molecule has 7 heteroatoms. The van der Waals surface area contributed by atoms with E-state index >= 15 is 0 Å². The average molecular weight is 268 g/mol. The predicted octanol–water partition coefficient (Wildman–Crippen LogP) is 2.17. The first-order chi connectivity index (χ1) is 8.65. The molecule has 96 valence electrons. The summed E-state index contributed by atoms with van der Waals surface area (Å²) in [7, 11) is 1.57. The van der Waals surface area contributed by atoms with E-state index < -0.39 is 5.97 Å². The molecule has 2 rings (SSSR count). The van der Waals surface area contributed by atoms with E-state index in [9.17, 15) is 4.79 Å². The van der Waals surface area contributed by atoms with Crippen LogP contribution in [0, 0.1) is 0 Å². The second-order valence-corrected chi connectivity index (χ2v) is 4.21. The molecule has 0 aliphatic heterocycles. The molecule has 0 saturated heterocycles. The van der Waals surface area contributed by atoms with E-state index in [1.807, 2.05) is 0 Å². The monoisotopic (exact) mass is 268 g/mol. The van der Waals surface area contributed by atoms with Crippen LogP contribution in [0.3, 0.4) is 0 Å². The standard InChI is InChI=1S/C11H12N2O4S/c1-3-16-11(14)8-9(12)17-10(13-8)7-4-6(15-2)5-18-7/h4-5H,3,12H2,1-2H3. The summed E-state index contributed by atoms with van der Waals surface area (Å²) in [5.74, 6) is 0.345. The van der Waals surface area contributed by atoms with Gasteiger partial charge >= 0.3 is 5.97 Å². The van der Waals surface area contributed by atoms with Crippen LogP contribution in [0.4, 0.5) is 5.88 Å². The van der Waals surface area contributed by atoms with Crippen molar-refractivity contribution in [2.75, 3.05) is 19.5 Å². The molecule has 2 heterocycles. The summed E-state index contributed by atoms with van der Waals surface area (Å²) >= 11 is 1.39. The maximum absolute atomic E-state index is 11.5. The summed E-state index contributed by atoms with van der Waals surface area (Å²) in [6.07, 6.45) is 0. The van der Waals surface area contributed by atoms with Crippen LogP contribution in [0.15, 0.2) is 15.9 Å². The van der Waals surface area contributed by atoms with Crippen molar-refractivity contribution in [3.05, 3.63) is 17.1 Å². The highest BCUT2D eigenvalue weighted by Gasteiger charge is 2.20. The zero-order valence-electron chi connectivity index (χ0n) is 9.93. The number of esters is 1. The fourth-order valence-electron chi connectivity index (χ4n) is 1.32. The number of ether oxygens (including phenoxy) is 2. The number of hydrogen-bond acceptors (Lipinski definition) is 7. The number of oxazole rings is 1. The van der Waals surface area contributed by atoms with Gasteiger partial charge in [-0.15, -0.1) is 11.3 Å². The van der Waals surface area contributed by atoms with Crippen molar-refractivity contribution in [1.29, 1.82) is 0 Å². The highest BCUT2D eigenvalue weighted by Crippen LogP contribution is 2.32. The molecular weight excluding hydrogens is 256 g/mol. The van der Waals surface area contributed by atoms with Crippen molar-refractivity contribution < 1.29 is 18.7 Å². The molecule has 0 aromatic carbocycles. The zero-order chi connectivity index (χ0) is 13.1. The number of carbonyl (C=O) groups is 1. The first kappa shape index (κ1) is 12.4. The number of nitrogens with zero attached hydrogens (tertiary/aromatic N) is 1. The fraction of sp³-hybridized carbons (Fsp3) is 0.273. The van der Waals surface area contributed by atoms with Crippen molar-refractivity contribution in [3.63, 3.8) is 0 Å². The minimum Gasteiger partial charge on any atom is -0.496 e.